The van der Waals surface area contributed by atoms with Gasteiger partial charge in [-0.15, -0.1) is 0 Å². The molecule has 0 saturated carbocycles. The molecule has 0 saturated heterocycles. The Morgan fingerprint density at radius 3 is 2.80 bits per heavy atom. The molecule has 0 amide bonds. The quantitative estimate of drug-likeness (QED) is 0.453. The number of imidazole rings is 1. The van der Waals surface area contributed by atoms with Crippen LogP contribution in [0, 0.1) is 0 Å². The number of hydrogen-bond donors (Lipinski definition) is 1. The molecule has 6 heteroatoms. The van der Waals surface area contributed by atoms with Crippen LogP contribution in [0.2, 0.25) is 0 Å². The van der Waals surface area contributed by atoms with Crippen LogP contribution in [0.25, 0.3) is 0 Å². The number of methoxy groups -OCH3 is 1. The van der Waals surface area contributed by atoms with Crippen molar-refractivity contribution < 1.29 is 9.53 Å². The van der Waals surface area contributed by atoms with Crippen LogP contribution in [-0.2, 0) is 16.6 Å². The van der Waals surface area contributed by atoms with Crippen molar-refractivity contribution in [2.75, 3.05) is 12.9 Å². The fraction of sp³-hybridized carbons (Fsp3) is 0.714. The van der Waals surface area contributed by atoms with Crippen molar-refractivity contribution >= 4 is 17.7 Å². The summed E-state index contributed by atoms with van der Waals surface area (Å²) in [6, 6.07) is 0.237. The predicted molar refractivity (Wildman–Crippen MR) is 81.9 cm³/mol. The maximum atomic E-state index is 11.9. The molecule has 0 fully saturated rings. The van der Waals surface area contributed by atoms with E-state index >= 15 is 0 Å². The zero-order chi connectivity index (χ0) is 15.2. The summed E-state index contributed by atoms with van der Waals surface area (Å²) in [6.45, 7) is 5.97. The highest BCUT2D eigenvalue weighted by Gasteiger charge is 2.34. The molecule has 0 aromatic carbocycles. The maximum absolute atomic E-state index is 11.9. The zero-order valence-electron chi connectivity index (χ0n) is 13.0. The largest absolute Gasteiger partial charge is 0.468 e. The molecule has 1 unspecified atom stereocenters. The van der Waals surface area contributed by atoms with E-state index in [9.17, 15) is 4.79 Å². The third-order valence-electron chi connectivity index (χ3n) is 3.07. The number of nitrogens with one attached hydrogen (secondary N) is 1. The predicted octanol–water partition coefficient (Wildman–Crippen LogP) is 2.22. The lowest BCUT2D eigenvalue weighted by molar-refractivity contribution is -0.148. The Hall–Kier alpha value is -1.01. The number of esters is 1. The number of thioether (sulfide) groups is 1. The van der Waals surface area contributed by atoms with Crippen LogP contribution in [-0.4, -0.2) is 40.0 Å². The number of ether oxygens (including phenoxy) is 1. The van der Waals surface area contributed by atoms with Crippen LogP contribution >= 0.6 is 11.8 Å². The lowest BCUT2D eigenvalue weighted by Crippen LogP contribution is -2.53. The molecule has 0 spiro atoms. The van der Waals surface area contributed by atoms with E-state index in [2.05, 4.69) is 10.3 Å². The molecule has 0 aliphatic rings. The van der Waals surface area contributed by atoms with Gasteiger partial charge >= 0.3 is 5.97 Å². The lowest BCUT2D eigenvalue weighted by Gasteiger charge is -2.30. The van der Waals surface area contributed by atoms with E-state index in [-0.39, 0.29) is 12.0 Å². The van der Waals surface area contributed by atoms with Crippen LogP contribution in [0.4, 0.5) is 0 Å². The molecule has 1 aromatic rings. The highest BCUT2D eigenvalue weighted by molar-refractivity contribution is 7.99. The van der Waals surface area contributed by atoms with Gasteiger partial charge in [0.1, 0.15) is 5.54 Å². The van der Waals surface area contributed by atoms with Crippen LogP contribution in [0.5, 0.6) is 0 Å². The topological polar surface area (TPSA) is 56.1 Å². The van der Waals surface area contributed by atoms with Gasteiger partial charge in [0.25, 0.3) is 0 Å². The first kappa shape index (κ1) is 17.0. The highest BCUT2D eigenvalue weighted by Crippen LogP contribution is 2.21. The second-order valence-corrected chi connectivity index (χ2v) is 6.46. The van der Waals surface area contributed by atoms with E-state index in [4.69, 9.17) is 4.74 Å². The van der Waals surface area contributed by atoms with Gasteiger partial charge < -0.3 is 9.30 Å². The Balaban J connectivity index is 2.46. The summed E-state index contributed by atoms with van der Waals surface area (Å²) >= 11 is 1.70. The minimum Gasteiger partial charge on any atom is -0.468 e. The number of carbonyl (C=O) groups is 1. The SMILES string of the molecule is COC(=O)C(C)(CCCSc1nccn1C)NC(C)C. The Bertz CT molecular complexity index is 434. The first-order valence-corrected chi connectivity index (χ1v) is 7.84. The van der Waals surface area contributed by atoms with E-state index in [0.29, 0.717) is 0 Å². The number of rotatable bonds is 8. The number of aryl methyl sites for hydroxylation is 1. The van der Waals surface area contributed by atoms with E-state index in [0.717, 1.165) is 23.8 Å². The second-order valence-electron chi connectivity index (χ2n) is 5.40. The maximum Gasteiger partial charge on any atom is 0.325 e. The van der Waals surface area contributed by atoms with Crippen LogP contribution < -0.4 is 5.32 Å². The average molecular weight is 299 g/mol. The summed E-state index contributed by atoms with van der Waals surface area (Å²) in [5.74, 6) is 0.727. The van der Waals surface area contributed by atoms with Gasteiger partial charge in [-0.3, -0.25) is 10.1 Å². The van der Waals surface area contributed by atoms with E-state index in [1.165, 1.54) is 7.11 Å². The van der Waals surface area contributed by atoms with Crippen molar-refractivity contribution in [2.45, 2.75) is 50.4 Å². The summed E-state index contributed by atoms with van der Waals surface area (Å²) in [5, 5.41) is 4.31. The van der Waals surface area contributed by atoms with Crippen LogP contribution in [0.3, 0.4) is 0 Å². The van der Waals surface area contributed by atoms with Crippen molar-refractivity contribution in [3.63, 3.8) is 0 Å². The van der Waals surface area contributed by atoms with E-state index in [1.807, 2.05) is 38.6 Å². The fourth-order valence-corrected chi connectivity index (χ4v) is 3.05. The standard InChI is InChI=1S/C14H25N3O2S/c1-11(2)16-14(3,12(18)19-5)7-6-10-20-13-15-8-9-17(13)4/h8-9,11,16H,6-7,10H2,1-5H3. The van der Waals surface area contributed by atoms with Crippen molar-refractivity contribution in [1.29, 1.82) is 0 Å². The molecule has 1 atom stereocenters. The Morgan fingerprint density at radius 1 is 1.60 bits per heavy atom. The van der Waals surface area contributed by atoms with Gasteiger partial charge in [0.05, 0.1) is 7.11 Å². The molecule has 0 aliphatic carbocycles. The van der Waals surface area contributed by atoms with Gasteiger partial charge in [-0.05, 0) is 33.6 Å². The molecule has 0 aliphatic heterocycles. The van der Waals surface area contributed by atoms with Crippen LogP contribution in [0.15, 0.2) is 17.6 Å². The molecule has 1 heterocycles. The molecule has 0 bridgehead atoms. The Labute approximate surface area is 125 Å². The van der Waals surface area contributed by atoms with Gasteiger partial charge in [-0.2, -0.15) is 0 Å². The first-order valence-electron chi connectivity index (χ1n) is 6.85. The number of carbonyl (C=O) groups excluding carboxylic acids is 1. The molecule has 1 aromatic heterocycles. The van der Waals surface area contributed by atoms with Crippen LogP contribution in [0.1, 0.15) is 33.6 Å². The molecule has 5 nitrogen and oxygen atoms in total. The van der Waals surface area contributed by atoms with Crippen molar-refractivity contribution in [3.8, 4) is 0 Å². The number of nitrogens with zero attached hydrogens (tertiary/aromatic N) is 2. The van der Waals surface area contributed by atoms with E-state index in [1.54, 1.807) is 18.0 Å². The lowest BCUT2D eigenvalue weighted by atomic mass is 9.95. The Kier molecular flexibility index (Phi) is 6.55. The zero-order valence-corrected chi connectivity index (χ0v) is 13.8. The van der Waals surface area contributed by atoms with Crippen molar-refractivity contribution in [2.24, 2.45) is 7.05 Å². The summed E-state index contributed by atoms with van der Waals surface area (Å²) in [7, 11) is 3.42. The molecular weight excluding hydrogens is 274 g/mol. The Morgan fingerprint density at radius 2 is 2.30 bits per heavy atom. The highest BCUT2D eigenvalue weighted by atomic mass is 32.2. The molecule has 0 radical (unpaired) electrons. The summed E-state index contributed by atoms with van der Waals surface area (Å²) in [6.07, 6.45) is 5.39. The normalized spacial score (nSPS) is 14.3. The van der Waals surface area contributed by atoms with E-state index < -0.39 is 5.54 Å². The summed E-state index contributed by atoms with van der Waals surface area (Å²) < 4.78 is 6.91. The molecule has 1 N–H and O–H groups in total. The number of aromatic nitrogens is 2. The molecule has 114 valence electrons. The third-order valence-corrected chi connectivity index (χ3v) is 4.22. The average Bonchev–Trinajstić information content (AvgIpc) is 2.78. The van der Waals surface area contributed by atoms with Crippen molar-refractivity contribution in [3.05, 3.63) is 12.4 Å². The van der Waals surface area contributed by atoms with Gasteiger partial charge in [0.2, 0.25) is 0 Å². The minimum absolute atomic E-state index is 0.201. The minimum atomic E-state index is -0.620. The van der Waals surface area contributed by atoms with Gasteiger partial charge in [0, 0.05) is 31.2 Å². The monoisotopic (exact) mass is 299 g/mol. The fourth-order valence-electron chi connectivity index (χ4n) is 2.18. The molecule has 1 rings (SSSR count). The van der Waals surface area contributed by atoms with Gasteiger partial charge in [-0.25, -0.2) is 4.98 Å². The van der Waals surface area contributed by atoms with Gasteiger partial charge in [-0.1, -0.05) is 11.8 Å². The third kappa shape index (κ3) is 4.83. The smallest absolute Gasteiger partial charge is 0.325 e. The summed E-state index contributed by atoms with van der Waals surface area (Å²) in [4.78, 5) is 16.2. The number of hydrogen-bond acceptors (Lipinski definition) is 5. The van der Waals surface area contributed by atoms with Crippen molar-refractivity contribution in [1.82, 2.24) is 14.9 Å². The van der Waals surface area contributed by atoms with Gasteiger partial charge in [0.15, 0.2) is 5.16 Å². The first-order chi connectivity index (χ1) is 9.39. The summed E-state index contributed by atoms with van der Waals surface area (Å²) in [5.41, 5.74) is -0.620. The molecular formula is C14H25N3O2S. The second kappa shape index (κ2) is 7.69. The molecule has 20 heavy (non-hydrogen) atoms.